The van der Waals surface area contributed by atoms with Gasteiger partial charge in [0.2, 0.25) is 0 Å². The van der Waals surface area contributed by atoms with Gasteiger partial charge in [0, 0.05) is 39.4 Å². The number of rotatable bonds is 12. The minimum atomic E-state index is 0. The molecule has 1 aliphatic rings. The highest BCUT2D eigenvalue weighted by Crippen LogP contribution is 2.44. The molecule has 0 saturated heterocycles. The lowest BCUT2D eigenvalue weighted by Gasteiger charge is -2.40. The molecule has 6 nitrogen and oxygen atoms in total. The number of methoxy groups -OCH3 is 2. The van der Waals surface area contributed by atoms with Crippen molar-refractivity contribution in [1.82, 2.24) is 10.6 Å². The number of nitrogens with zero attached hydrogens (tertiary/aromatic N) is 1. The molecule has 7 heteroatoms. The molecule has 0 radical (unpaired) electrons. The summed E-state index contributed by atoms with van der Waals surface area (Å²) in [5.41, 5.74) is 0.341. The van der Waals surface area contributed by atoms with E-state index in [2.05, 4.69) is 17.6 Å². The third-order valence-electron chi connectivity index (χ3n) is 5.09. The van der Waals surface area contributed by atoms with E-state index < -0.39 is 0 Å². The molecule has 0 heterocycles. The summed E-state index contributed by atoms with van der Waals surface area (Å²) in [4.78, 5) is 4.82. The van der Waals surface area contributed by atoms with Crippen molar-refractivity contribution in [2.45, 2.75) is 39.0 Å². The van der Waals surface area contributed by atoms with Crippen molar-refractivity contribution in [3.63, 3.8) is 0 Å². The Bertz CT molecular complexity index is 580. The molecule has 0 amide bonds. The largest absolute Gasteiger partial charge is 0.497 e. The van der Waals surface area contributed by atoms with Crippen LogP contribution < -0.4 is 20.1 Å². The summed E-state index contributed by atoms with van der Waals surface area (Å²) in [7, 11) is 3.43. The minimum Gasteiger partial charge on any atom is -0.497 e. The molecule has 1 aliphatic carbocycles. The van der Waals surface area contributed by atoms with E-state index in [1.165, 1.54) is 19.3 Å². The van der Waals surface area contributed by atoms with Gasteiger partial charge < -0.3 is 24.8 Å². The third kappa shape index (κ3) is 8.43. The number of guanidine groups is 1. The zero-order valence-corrected chi connectivity index (χ0v) is 19.8. The molecule has 0 bridgehead atoms. The van der Waals surface area contributed by atoms with Crippen molar-refractivity contribution in [1.29, 1.82) is 0 Å². The van der Waals surface area contributed by atoms with Crippen LogP contribution in [0.4, 0.5) is 0 Å². The topological polar surface area (TPSA) is 64.1 Å². The third-order valence-corrected chi connectivity index (χ3v) is 5.09. The summed E-state index contributed by atoms with van der Waals surface area (Å²) in [6, 6.07) is 7.69. The number of hydrogen-bond donors (Lipinski definition) is 2. The van der Waals surface area contributed by atoms with Crippen molar-refractivity contribution in [3.05, 3.63) is 24.3 Å². The van der Waals surface area contributed by atoms with Crippen molar-refractivity contribution in [2.75, 3.05) is 47.1 Å². The van der Waals surface area contributed by atoms with E-state index >= 15 is 0 Å². The Morgan fingerprint density at radius 2 is 1.93 bits per heavy atom. The molecule has 0 atom stereocenters. The first kappa shape index (κ1) is 24.8. The van der Waals surface area contributed by atoms with Crippen LogP contribution in [0.25, 0.3) is 0 Å². The second kappa shape index (κ2) is 13.9. The molecule has 28 heavy (non-hydrogen) atoms. The highest BCUT2D eigenvalue weighted by atomic mass is 127. The first-order valence-electron chi connectivity index (χ1n) is 9.99. The molecule has 0 aromatic heterocycles. The predicted octanol–water partition coefficient (Wildman–Crippen LogP) is 3.84. The van der Waals surface area contributed by atoms with Crippen LogP contribution in [-0.2, 0) is 4.74 Å². The van der Waals surface area contributed by atoms with Crippen LogP contribution in [0.15, 0.2) is 29.3 Å². The molecule has 2 rings (SSSR count). The van der Waals surface area contributed by atoms with E-state index in [4.69, 9.17) is 19.2 Å². The van der Waals surface area contributed by atoms with Crippen molar-refractivity contribution in [3.8, 4) is 11.5 Å². The number of ether oxygens (including phenoxy) is 3. The second-order valence-corrected chi connectivity index (χ2v) is 7.10. The highest BCUT2D eigenvalue weighted by molar-refractivity contribution is 14.0. The van der Waals surface area contributed by atoms with Gasteiger partial charge >= 0.3 is 0 Å². The van der Waals surface area contributed by atoms with Gasteiger partial charge in [-0.1, -0.05) is 12.5 Å². The number of benzene rings is 1. The summed E-state index contributed by atoms with van der Waals surface area (Å²) in [6.45, 7) is 6.11. The first-order valence-corrected chi connectivity index (χ1v) is 9.99. The molecule has 0 aliphatic heterocycles. The highest BCUT2D eigenvalue weighted by Gasteiger charge is 2.36. The van der Waals surface area contributed by atoms with Gasteiger partial charge in [-0.15, -0.1) is 24.0 Å². The maximum Gasteiger partial charge on any atom is 0.191 e. The van der Waals surface area contributed by atoms with Gasteiger partial charge in [0.15, 0.2) is 5.96 Å². The van der Waals surface area contributed by atoms with E-state index in [9.17, 15) is 0 Å². The van der Waals surface area contributed by atoms with Crippen LogP contribution in [0.3, 0.4) is 0 Å². The van der Waals surface area contributed by atoms with Crippen LogP contribution >= 0.6 is 24.0 Å². The molecule has 1 aromatic rings. The van der Waals surface area contributed by atoms with E-state index in [1.54, 1.807) is 14.2 Å². The van der Waals surface area contributed by atoms with Crippen molar-refractivity contribution >= 4 is 29.9 Å². The molecule has 0 unspecified atom stereocenters. The molecule has 2 N–H and O–H groups in total. The zero-order valence-electron chi connectivity index (χ0n) is 17.5. The average Bonchev–Trinajstić information content (AvgIpc) is 2.66. The molecule has 0 spiro atoms. The standard InChI is InChI=1S/C21H35N3O3.HI/c1-4-22-20(24-17-21(10-6-11-21)12-15-25-2)23-13-7-14-27-19-9-5-8-18(16-19)26-3;/h5,8-9,16H,4,6-7,10-15,17H2,1-3H3,(H2,22,23,24);1H. The monoisotopic (exact) mass is 505 g/mol. The predicted molar refractivity (Wildman–Crippen MR) is 125 cm³/mol. The Hall–Kier alpha value is -1.22. The van der Waals surface area contributed by atoms with E-state index in [0.29, 0.717) is 12.0 Å². The van der Waals surface area contributed by atoms with Gasteiger partial charge in [-0.2, -0.15) is 0 Å². The number of nitrogens with one attached hydrogen (secondary N) is 2. The minimum absolute atomic E-state index is 0. The molecule has 1 saturated carbocycles. The first-order chi connectivity index (χ1) is 13.2. The summed E-state index contributed by atoms with van der Waals surface area (Å²) >= 11 is 0. The Labute approximate surface area is 186 Å². The van der Waals surface area contributed by atoms with Crippen molar-refractivity contribution in [2.24, 2.45) is 10.4 Å². The summed E-state index contributed by atoms with van der Waals surface area (Å²) in [5.74, 6) is 2.54. The molecular weight excluding hydrogens is 469 g/mol. The summed E-state index contributed by atoms with van der Waals surface area (Å²) in [6.07, 6.45) is 5.82. The second-order valence-electron chi connectivity index (χ2n) is 7.10. The Balaban J connectivity index is 0.00000392. The molecule has 1 aromatic carbocycles. The number of halogens is 1. The van der Waals surface area contributed by atoms with Crippen LogP contribution in [0, 0.1) is 5.41 Å². The lowest BCUT2D eigenvalue weighted by molar-refractivity contribution is 0.0778. The Kier molecular flexibility index (Phi) is 12.3. The van der Waals surface area contributed by atoms with Crippen LogP contribution in [0.1, 0.15) is 39.0 Å². The Morgan fingerprint density at radius 3 is 2.57 bits per heavy atom. The van der Waals surface area contributed by atoms with Gasteiger partial charge in [-0.3, -0.25) is 4.99 Å². The maximum atomic E-state index is 5.78. The number of hydrogen-bond acceptors (Lipinski definition) is 4. The fourth-order valence-corrected chi connectivity index (χ4v) is 3.23. The van der Waals surface area contributed by atoms with Crippen LogP contribution in [-0.4, -0.2) is 53.0 Å². The summed E-state index contributed by atoms with van der Waals surface area (Å²) < 4.78 is 16.3. The Morgan fingerprint density at radius 1 is 1.14 bits per heavy atom. The van der Waals surface area contributed by atoms with Crippen LogP contribution in [0.2, 0.25) is 0 Å². The van der Waals surface area contributed by atoms with Gasteiger partial charge in [-0.05, 0) is 50.2 Å². The molecular formula is C21H36IN3O3. The fourth-order valence-electron chi connectivity index (χ4n) is 3.23. The normalized spacial score (nSPS) is 15.2. The molecule has 160 valence electrons. The average molecular weight is 505 g/mol. The van der Waals surface area contributed by atoms with E-state index in [1.807, 2.05) is 24.3 Å². The SMILES string of the molecule is CCNC(=NCC1(CCOC)CCC1)NCCCOc1cccc(OC)c1.I. The quantitative estimate of drug-likeness (QED) is 0.196. The van der Waals surface area contributed by atoms with Crippen molar-refractivity contribution < 1.29 is 14.2 Å². The van der Waals surface area contributed by atoms with E-state index in [0.717, 1.165) is 56.5 Å². The summed E-state index contributed by atoms with van der Waals surface area (Å²) in [5, 5.41) is 6.74. The van der Waals surface area contributed by atoms with Gasteiger partial charge in [0.25, 0.3) is 0 Å². The lowest BCUT2D eigenvalue weighted by atomic mass is 9.67. The smallest absolute Gasteiger partial charge is 0.191 e. The van der Waals surface area contributed by atoms with Gasteiger partial charge in [0.05, 0.1) is 13.7 Å². The fraction of sp³-hybridized carbons (Fsp3) is 0.667. The van der Waals surface area contributed by atoms with Gasteiger partial charge in [0.1, 0.15) is 11.5 Å². The van der Waals surface area contributed by atoms with E-state index in [-0.39, 0.29) is 24.0 Å². The zero-order chi connectivity index (χ0) is 19.4. The molecule has 1 fully saturated rings. The lowest BCUT2D eigenvalue weighted by Crippen LogP contribution is -2.40. The van der Waals surface area contributed by atoms with Gasteiger partial charge in [-0.25, -0.2) is 0 Å². The van der Waals surface area contributed by atoms with Crippen LogP contribution in [0.5, 0.6) is 11.5 Å². The maximum absolute atomic E-state index is 5.78. The number of aliphatic imine (C=N–C) groups is 1.